The summed E-state index contributed by atoms with van der Waals surface area (Å²) >= 11 is 6.14. The fourth-order valence-corrected chi connectivity index (χ4v) is 2.43. The molecule has 0 saturated carbocycles. The molecule has 2 heterocycles. The van der Waals surface area contributed by atoms with Crippen molar-refractivity contribution in [2.45, 2.75) is 13.0 Å². The van der Waals surface area contributed by atoms with E-state index in [0.717, 1.165) is 11.3 Å². The van der Waals surface area contributed by atoms with Crippen LogP contribution in [0.4, 0.5) is 0 Å². The lowest BCUT2D eigenvalue weighted by Gasteiger charge is -2.12. The average molecular weight is 327 g/mol. The fourth-order valence-electron chi connectivity index (χ4n) is 2.20. The summed E-state index contributed by atoms with van der Waals surface area (Å²) in [7, 11) is 0. The van der Waals surface area contributed by atoms with E-state index in [-0.39, 0.29) is 11.9 Å². The van der Waals surface area contributed by atoms with Gasteiger partial charge in [-0.25, -0.2) is 4.68 Å². The number of carbonyl (C=O) groups is 1. The van der Waals surface area contributed by atoms with Gasteiger partial charge in [-0.2, -0.15) is 5.10 Å². The van der Waals surface area contributed by atoms with Crippen molar-refractivity contribution in [2.24, 2.45) is 0 Å². The van der Waals surface area contributed by atoms with Gasteiger partial charge in [0.2, 0.25) is 0 Å². The Balaban J connectivity index is 1.75. The number of hydrogen-bond donors (Lipinski definition) is 1. The molecule has 1 atom stereocenters. The first-order valence-corrected chi connectivity index (χ1v) is 7.53. The minimum atomic E-state index is -0.195. The van der Waals surface area contributed by atoms with Crippen LogP contribution >= 0.6 is 11.6 Å². The van der Waals surface area contributed by atoms with Gasteiger partial charge < -0.3 is 5.32 Å². The average Bonchev–Trinajstić information content (AvgIpc) is 3.06. The number of carbonyl (C=O) groups excluding carboxylic acids is 1. The normalized spacial score (nSPS) is 11.9. The summed E-state index contributed by atoms with van der Waals surface area (Å²) < 4.78 is 1.59. The van der Waals surface area contributed by atoms with Gasteiger partial charge >= 0.3 is 0 Å². The minimum absolute atomic E-state index is 0.139. The number of hydrogen-bond acceptors (Lipinski definition) is 3. The lowest BCUT2D eigenvalue weighted by molar-refractivity contribution is 0.0940. The maximum Gasteiger partial charge on any atom is 0.254 e. The van der Waals surface area contributed by atoms with Crippen molar-refractivity contribution < 1.29 is 4.79 Å². The van der Waals surface area contributed by atoms with Crippen LogP contribution in [0.15, 0.2) is 61.2 Å². The van der Waals surface area contributed by atoms with Crippen LogP contribution in [0.2, 0.25) is 5.02 Å². The Labute approximate surface area is 138 Å². The Bertz CT molecular complexity index is 816. The molecule has 5 nitrogen and oxygen atoms in total. The van der Waals surface area contributed by atoms with Crippen molar-refractivity contribution in [1.29, 1.82) is 0 Å². The third-order valence-corrected chi connectivity index (χ3v) is 3.80. The predicted molar refractivity (Wildman–Crippen MR) is 88.7 cm³/mol. The van der Waals surface area contributed by atoms with Crippen molar-refractivity contribution in [2.75, 3.05) is 0 Å². The second-order valence-corrected chi connectivity index (χ2v) is 5.51. The molecule has 0 radical (unpaired) electrons. The Morgan fingerprint density at radius 2 is 2.04 bits per heavy atom. The molecule has 0 fully saturated rings. The molecule has 0 aliphatic rings. The zero-order chi connectivity index (χ0) is 16.2. The molecule has 0 bridgehead atoms. The first kappa shape index (κ1) is 15.2. The molecule has 23 heavy (non-hydrogen) atoms. The van der Waals surface area contributed by atoms with E-state index < -0.39 is 0 Å². The van der Waals surface area contributed by atoms with Gasteiger partial charge in [0.15, 0.2) is 0 Å². The van der Waals surface area contributed by atoms with Crippen LogP contribution in [0, 0.1) is 0 Å². The van der Waals surface area contributed by atoms with E-state index in [0.29, 0.717) is 10.6 Å². The number of benzene rings is 1. The summed E-state index contributed by atoms with van der Waals surface area (Å²) in [6.45, 7) is 1.91. The maximum atomic E-state index is 12.3. The van der Waals surface area contributed by atoms with Crippen molar-refractivity contribution in [3.8, 4) is 5.69 Å². The zero-order valence-electron chi connectivity index (χ0n) is 12.5. The molecule has 3 aromatic rings. The van der Waals surface area contributed by atoms with Crippen molar-refractivity contribution >= 4 is 17.5 Å². The van der Waals surface area contributed by atoms with Gasteiger partial charge in [-0.3, -0.25) is 9.78 Å². The molecule has 6 heteroatoms. The third-order valence-electron chi connectivity index (χ3n) is 3.48. The first-order valence-electron chi connectivity index (χ1n) is 7.15. The molecule has 116 valence electrons. The maximum absolute atomic E-state index is 12.3. The highest BCUT2D eigenvalue weighted by Crippen LogP contribution is 2.19. The summed E-state index contributed by atoms with van der Waals surface area (Å²) in [5, 5.41) is 7.71. The van der Waals surface area contributed by atoms with Gasteiger partial charge in [-0.05, 0) is 30.7 Å². The number of rotatable bonds is 4. The van der Waals surface area contributed by atoms with Crippen molar-refractivity contribution in [3.05, 3.63) is 77.3 Å². The number of halogens is 1. The molecule has 1 aromatic carbocycles. The fraction of sp³-hybridized carbons (Fsp3) is 0.118. The number of pyridine rings is 1. The Kier molecular flexibility index (Phi) is 4.39. The van der Waals surface area contributed by atoms with Gasteiger partial charge in [-0.15, -0.1) is 0 Å². The van der Waals surface area contributed by atoms with Gasteiger partial charge in [0.05, 0.1) is 28.5 Å². The van der Waals surface area contributed by atoms with Gasteiger partial charge in [0.25, 0.3) is 5.91 Å². The van der Waals surface area contributed by atoms with Crippen LogP contribution in [0.3, 0.4) is 0 Å². The molecule has 0 spiro atoms. The van der Waals surface area contributed by atoms with E-state index in [1.165, 1.54) is 6.20 Å². The molecule has 0 aliphatic carbocycles. The van der Waals surface area contributed by atoms with Crippen LogP contribution in [0.1, 0.15) is 28.9 Å². The molecule has 2 aromatic heterocycles. The molecule has 1 N–H and O–H groups in total. The van der Waals surface area contributed by atoms with E-state index in [1.807, 2.05) is 37.3 Å². The summed E-state index contributed by atoms with van der Waals surface area (Å²) in [4.78, 5) is 16.4. The monoisotopic (exact) mass is 326 g/mol. The summed E-state index contributed by atoms with van der Waals surface area (Å²) in [6.07, 6.45) is 6.62. The lowest BCUT2D eigenvalue weighted by Crippen LogP contribution is -2.26. The first-order chi connectivity index (χ1) is 11.1. The number of amides is 1. The van der Waals surface area contributed by atoms with Crippen molar-refractivity contribution in [3.63, 3.8) is 0 Å². The van der Waals surface area contributed by atoms with E-state index in [2.05, 4.69) is 15.4 Å². The zero-order valence-corrected chi connectivity index (χ0v) is 13.2. The topological polar surface area (TPSA) is 59.8 Å². The Morgan fingerprint density at radius 1 is 1.22 bits per heavy atom. The number of para-hydroxylation sites is 1. The predicted octanol–water partition coefficient (Wildman–Crippen LogP) is 3.41. The highest BCUT2D eigenvalue weighted by atomic mass is 35.5. The summed E-state index contributed by atoms with van der Waals surface area (Å²) in [6, 6.07) is 11.0. The molecule has 1 unspecified atom stereocenters. The number of nitrogens with one attached hydrogen (secondary N) is 1. The van der Waals surface area contributed by atoms with E-state index in [1.54, 1.807) is 29.3 Å². The molecular formula is C17H15ClN4O. The number of nitrogens with zero attached hydrogens (tertiary/aromatic N) is 3. The SMILES string of the molecule is CC(NC(=O)c1cnn(-c2ccccc2Cl)c1)c1cccnc1. The van der Waals surface area contributed by atoms with Crippen LogP contribution in [-0.2, 0) is 0 Å². The summed E-state index contributed by atoms with van der Waals surface area (Å²) in [5.74, 6) is -0.195. The second-order valence-electron chi connectivity index (χ2n) is 5.11. The molecule has 1 amide bonds. The molecule has 3 rings (SSSR count). The Hall–Kier alpha value is -2.66. The minimum Gasteiger partial charge on any atom is -0.345 e. The molecule has 0 saturated heterocycles. The number of aromatic nitrogens is 3. The highest BCUT2D eigenvalue weighted by molar-refractivity contribution is 6.32. The van der Waals surface area contributed by atoms with Gasteiger partial charge in [-0.1, -0.05) is 29.8 Å². The van der Waals surface area contributed by atoms with Crippen LogP contribution in [-0.4, -0.2) is 20.7 Å². The van der Waals surface area contributed by atoms with Crippen LogP contribution in [0.25, 0.3) is 5.69 Å². The van der Waals surface area contributed by atoms with Crippen LogP contribution < -0.4 is 5.32 Å². The smallest absolute Gasteiger partial charge is 0.254 e. The van der Waals surface area contributed by atoms with Gasteiger partial charge in [0, 0.05) is 18.6 Å². The van der Waals surface area contributed by atoms with E-state index >= 15 is 0 Å². The van der Waals surface area contributed by atoms with Crippen molar-refractivity contribution in [1.82, 2.24) is 20.1 Å². The highest BCUT2D eigenvalue weighted by Gasteiger charge is 2.14. The standard InChI is InChI=1S/C17H15ClN4O/c1-12(13-5-4-8-19-9-13)21-17(23)14-10-20-22(11-14)16-7-3-2-6-15(16)18/h2-12H,1H3,(H,21,23). The summed E-state index contributed by atoms with van der Waals surface area (Å²) in [5.41, 5.74) is 2.15. The third kappa shape index (κ3) is 3.40. The largest absolute Gasteiger partial charge is 0.345 e. The van der Waals surface area contributed by atoms with Gasteiger partial charge in [0.1, 0.15) is 0 Å². The second kappa shape index (κ2) is 6.62. The van der Waals surface area contributed by atoms with Crippen LogP contribution in [0.5, 0.6) is 0 Å². The lowest BCUT2D eigenvalue weighted by atomic mass is 10.1. The van der Waals surface area contributed by atoms with E-state index in [4.69, 9.17) is 11.6 Å². The molecular weight excluding hydrogens is 312 g/mol. The quantitative estimate of drug-likeness (QED) is 0.799. The molecule has 0 aliphatic heterocycles. The Morgan fingerprint density at radius 3 is 2.78 bits per heavy atom. The van der Waals surface area contributed by atoms with E-state index in [9.17, 15) is 4.79 Å².